The quantitative estimate of drug-likeness (QED) is 0.271. The molecule has 0 bridgehead atoms. The highest BCUT2D eigenvalue weighted by Gasteiger charge is 2.24. The van der Waals surface area contributed by atoms with Gasteiger partial charge in [0.05, 0.1) is 9.79 Å². The molecule has 2 aromatic carbocycles. The molecule has 0 spiro atoms. The molecule has 2 aromatic heterocycles. The Labute approximate surface area is 214 Å². The van der Waals surface area contributed by atoms with Gasteiger partial charge >= 0.3 is 0 Å². The van der Waals surface area contributed by atoms with Gasteiger partial charge in [-0.25, -0.2) is 24.8 Å². The van der Waals surface area contributed by atoms with Crippen LogP contribution in [0.4, 0.5) is 0 Å². The minimum atomic E-state index is -3.79. The molecule has 0 amide bonds. The minimum absolute atomic E-state index is 0.221. The molecule has 4 rings (SSSR count). The fourth-order valence-corrected chi connectivity index (χ4v) is 7.09. The first-order valence-electron chi connectivity index (χ1n) is 12.1. The third-order valence-corrected chi connectivity index (χ3v) is 9.68. The first kappa shape index (κ1) is 26.0. The molecule has 6 nitrogen and oxygen atoms in total. The van der Waals surface area contributed by atoms with Gasteiger partial charge in [-0.15, -0.1) is 0 Å². The molecule has 0 radical (unpaired) electrons. The molecular formula is C28H32N2O4S2. The average Bonchev–Trinajstić information content (AvgIpc) is 3.46. The fourth-order valence-electron chi connectivity index (χ4n) is 4.27. The molecule has 0 fully saturated rings. The molecule has 0 aliphatic carbocycles. The van der Waals surface area contributed by atoms with Crippen LogP contribution in [0.5, 0.6) is 0 Å². The monoisotopic (exact) mass is 524 g/mol. The Hall–Kier alpha value is -3.10. The summed E-state index contributed by atoms with van der Waals surface area (Å²) in [4.78, 5) is 0.442. The van der Waals surface area contributed by atoms with Crippen molar-refractivity contribution in [2.75, 3.05) is 0 Å². The molecule has 0 aliphatic rings. The lowest BCUT2D eigenvalue weighted by atomic mass is 10.1. The maximum Gasteiger partial charge on any atom is 0.267 e. The Balaban J connectivity index is 1.83. The predicted octanol–water partition coefficient (Wildman–Crippen LogP) is 5.95. The molecule has 36 heavy (non-hydrogen) atoms. The lowest BCUT2D eigenvalue weighted by Gasteiger charge is -2.10. The molecule has 0 N–H and O–H groups in total. The van der Waals surface area contributed by atoms with Gasteiger partial charge in [0.15, 0.2) is 0 Å². The number of aryl methyl sites for hydroxylation is 4. The second kappa shape index (κ2) is 10.1. The van der Waals surface area contributed by atoms with Crippen LogP contribution in [0.3, 0.4) is 0 Å². The van der Waals surface area contributed by atoms with Gasteiger partial charge in [0.2, 0.25) is 0 Å². The van der Waals surface area contributed by atoms with Crippen molar-refractivity contribution in [2.45, 2.75) is 63.2 Å². The van der Waals surface area contributed by atoms with E-state index in [2.05, 4.69) is 0 Å². The third-order valence-electron chi connectivity index (χ3n) is 6.22. The van der Waals surface area contributed by atoms with Crippen molar-refractivity contribution in [3.63, 3.8) is 0 Å². The van der Waals surface area contributed by atoms with E-state index in [0.29, 0.717) is 35.4 Å². The van der Waals surface area contributed by atoms with Crippen molar-refractivity contribution in [2.24, 2.45) is 0 Å². The van der Waals surface area contributed by atoms with Crippen molar-refractivity contribution in [1.82, 2.24) is 7.94 Å². The Morgan fingerprint density at radius 2 is 0.917 bits per heavy atom. The summed E-state index contributed by atoms with van der Waals surface area (Å²) in [7, 11) is -7.59. The number of nitrogens with zero attached hydrogens (tertiary/aromatic N) is 2. The van der Waals surface area contributed by atoms with E-state index in [1.165, 1.54) is 7.94 Å². The van der Waals surface area contributed by atoms with Crippen molar-refractivity contribution >= 4 is 20.0 Å². The third kappa shape index (κ3) is 4.92. The van der Waals surface area contributed by atoms with E-state index in [4.69, 9.17) is 0 Å². The summed E-state index contributed by atoms with van der Waals surface area (Å²) in [5.74, 6) is 0. The average molecular weight is 525 g/mol. The van der Waals surface area contributed by atoms with E-state index in [9.17, 15) is 16.8 Å². The number of hydrogen-bond donors (Lipinski definition) is 0. The summed E-state index contributed by atoms with van der Waals surface area (Å²) in [6.45, 7) is 7.82. The second-order valence-electron chi connectivity index (χ2n) is 9.17. The smallest absolute Gasteiger partial charge is 0.245 e. The first-order valence-corrected chi connectivity index (χ1v) is 15.0. The number of benzene rings is 2. The molecule has 0 saturated heterocycles. The van der Waals surface area contributed by atoms with Gasteiger partial charge in [0.1, 0.15) is 0 Å². The van der Waals surface area contributed by atoms with Crippen LogP contribution in [0.2, 0.25) is 0 Å². The molecule has 190 valence electrons. The highest BCUT2D eigenvalue weighted by Crippen LogP contribution is 2.30. The van der Waals surface area contributed by atoms with Crippen LogP contribution >= 0.6 is 0 Å². The molecule has 0 saturated carbocycles. The largest absolute Gasteiger partial charge is 0.267 e. The highest BCUT2D eigenvalue weighted by molar-refractivity contribution is 7.90. The predicted molar refractivity (Wildman–Crippen MR) is 143 cm³/mol. The lowest BCUT2D eigenvalue weighted by Crippen LogP contribution is -2.15. The Morgan fingerprint density at radius 3 is 1.22 bits per heavy atom. The summed E-state index contributed by atoms with van der Waals surface area (Å²) in [6, 6.07) is 17.3. The van der Waals surface area contributed by atoms with Gasteiger partial charge in [0.25, 0.3) is 20.0 Å². The molecule has 2 heterocycles. The van der Waals surface area contributed by atoms with E-state index >= 15 is 0 Å². The zero-order valence-electron chi connectivity index (χ0n) is 21.1. The summed E-state index contributed by atoms with van der Waals surface area (Å²) < 4.78 is 56.6. The molecule has 0 unspecified atom stereocenters. The Morgan fingerprint density at radius 1 is 0.583 bits per heavy atom. The zero-order valence-corrected chi connectivity index (χ0v) is 22.7. The number of aromatic nitrogens is 2. The van der Waals surface area contributed by atoms with E-state index in [1.807, 2.05) is 39.8 Å². The van der Waals surface area contributed by atoms with Crippen LogP contribution in [0, 0.1) is 13.8 Å². The highest BCUT2D eigenvalue weighted by atomic mass is 32.2. The summed E-state index contributed by atoms with van der Waals surface area (Å²) in [5.41, 5.74) is 4.64. The molecule has 8 heteroatoms. The second-order valence-corrected chi connectivity index (χ2v) is 12.8. The van der Waals surface area contributed by atoms with Gasteiger partial charge in [-0.2, -0.15) is 0 Å². The summed E-state index contributed by atoms with van der Waals surface area (Å²) in [5, 5.41) is 0. The summed E-state index contributed by atoms with van der Waals surface area (Å²) >= 11 is 0. The maximum atomic E-state index is 13.5. The van der Waals surface area contributed by atoms with Crippen LogP contribution < -0.4 is 0 Å². The maximum absolute atomic E-state index is 13.5. The summed E-state index contributed by atoms with van der Waals surface area (Å²) in [6.07, 6.45) is 5.92. The van der Waals surface area contributed by atoms with Crippen LogP contribution in [0.25, 0.3) is 11.1 Å². The van der Waals surface area contributed by atoms with Crippen LogP contribution in [0.1, 0.15) is 49.2 Å². The molecule has 0 aliphatic heterocycles. The SMILES string of the molecule is CCCc1cc(-c2cc(CCC)n(S(=O)(=O)c3ccc(C)cc3)c2)cn1S(=O)(=O)c1ccc(C)cc1. The lowest BCUT2D eigenvalue weighted by molar-refractivity contribution is 0.583. The van der Waals surface area contributed by atoms with E-state index in [1.54, 1.807) is 60.9 Å². The van der Waals surface area contributed by atoms with Gasteiger partial charge < -0.3 is 0 Å². The van der Waals surface area contributed by atoms with Gasteiger partial charge in [0, 0.05) is 34.9 Å². The Bertz CT molecular complexity index is 1450. The topological polar surface area (TPSA) is 78.1 Å². The van der Waals surface area contributed by atoms with E-state index in [-0.39, 0.29) is 9.79 Å². The van der Waals surface area contributed by atoms with Crippen LogP contribution in [-0.4, -0.2) is 24.8 Å². The zero-order chi connectivity index (χ0) is 26.1. The van der Waals surface area contributed by atoms with Crippen LogP contribution in [-0.2, 0) is 32.9 Å². The van der Waals surface area contributed by atoms with Gasteiger partial charge in [-0.1, -0.05) is 62.1 Å². The van der Waals surface area contributed by atoms with E-state index < -0.39 is 20.0 Å². The fraction of sp³-hybridized carbons (Fsp3) is 0.286. The first-order chi connectivity index (χ1) is 17.1. The molecule has 4 aromatic rings. The van der Waals surface area contributed by atoms with Gasteiger partial charge in [-0.05, 0) is 63.1 Å². The number of rotatable bonds is 9. The van der Waals surface area contributed by atoms with Crippen molar-refractivity contribution < 1.29 is 16.8 Å². The van der Waals surface area contributed by atoms with Crippen molar-refractivity contribution in [1.29, 1.82) is 0 Å². The standard InChI is InChI=1S/C28H32N2O4S2/c1-5-7-25-17-23(19-29(25)35(31,32)27-13-9-21(3)10-14-27)24-18-26(8-6-2)30(20-24)36(33,34)28-15-11-22(4)12-16-28/h9-20H,5-8H2,1-4H3. The normalized spacial score (nSPS) is 12.2. The van der Waals surface area contributed by atoms with Crippen molar-refractivity contribution in [3.05, 3.63) is 95.6 Å². The number of hydrogen-bond acceptors (Lipinski definition) is 4. The van der Waals surface area contributed by atoms with Crippen molar-refractivity contribution in [3.8, 4) is 11.1 Å². The Kier molecular flexibility index (Phi) is 7.29. The van der Waals surface area contributed by atoms with Crippen LogP contribution in [0.15, 0.2) is 82.8 Å². The molecular weight excluding hydrogens is 492 g/mol. The van der Waals surface area contributed by atoms with E-state index in [0.717, 1.165) is 24.0 Å². The van der Waals surface area contributed by atoms with Gasteiger partial charge in [-0.3, -0.25) is 0 Å². The molecule has 0 atom stereocenters. The minimum Gasteiger partial charge on any atom is -0.245 e.